The minimum Gasteiger partial charge on any atom is -0.457 e. The highest BCUT2D eigenvalue weighted by Gasteiger charge is 2.41. The summed E-state index contributed by atoms with van der Waals surface area (Å²) in [5, 5.41) is -1.68. The lowest BCUT2D eigenvalue weighted by Crippen LogP contribution is -2.34. The van der Waals surface area contributed by atoms with E-state index in [4.69, 9.17) is 5.53 Å². The number of sulfone groups is 1. The fourth-order valence-electron chi connectivity index (χ4n) is 1.24. The number of hydrogen-bond acceptors (Lipinski definition) is 4. The summed E-state index contributed by atoms with van der Waals surface area (Å²) in [6, 6.07) is 0. The van der Waals surface area contributed by atoms with Crippen LogP contribution in [0.4, 0.5) is 0 Å². The molecule has 0 aromatic rings. The molecule has 0 fully saturated rings. The second-order valence-electron chi connectivity index (χ2n) is 3.62. The standard InChI is InChI=1S/C10H18N2O4S/c1-4-6-7-8(3)17(14,15)9(12-11)10(13)16-5-2/h8H,4-7H2,1-3H3. The van der Waals surface area contributed by atoms with E-state index in [1.165, 1.54) is 6.92 Å². The van der Waals surface area contributed by atoms with E-state index in [0.29, 0.717) is 6.42 Å². The number of nitrogens with zero attached hydrogens (tertiary/aromatic N) is 2. The van der Waals surface area contributed by atoms with Crippen molar-refractivity contribution < 1.29 is 22.7 Å². The van der Waals surface area contributed by atoms with Gasteiger partial charge in [0, 0.05) is 0 Å². The Morgan fingerprint density at radius 2 is 2.00 bits per heavy atom. The lowest BCUT2D eigenvalue weighted by molar-refractivity contribution is -0.138. The molecule has 98 valence electrons. The number of carbonyl (C=O) groups is 1. The summed E-state index contributed by atoms with van der Waals surface area (Å²) in [7, 11) is -3.92. The van der Waals surface area contributed by atoms with Gasteiger partial charge in [-0.2, -0.15) is 0 Å². The van der Waals surface area contributed by atoms with Crippen LogP contribution in [0.5, 0.6) is 0 Å². The Kier molecular flexibility index (Phi) is 6.68. The molecule has 0 spiro atoms. The molecule has 0 aromatic carbocycles. The molecule has 0 heterocycles. The maximum atomic E-state index is 11.9. The van der Waals surface area contributed by atoms with Crippen molar-refractivity contribution in [3.05, 3.63) is 5.53 Å². The molecule has 0 saturated heterocycles. The van der Waals surface area contributed by atoms with Gasteiger partial charge in [0.1, 0.15) is 0 Å². The molecule has 1 unspecified atom stereocenters. The normalized spacial score (nSPS) is 12.6. The van der Waals surface area contributed by atoms with E-state index in [9.17, 15) is 13.2 Å². The monoisotopic (exact) mass is 262 g/mol. The second-order valence-corrected chi connectivity index (χ2v) is 5.90. The third-order valence-electron chi connectivity index (χ3n) is 2.30. The topological polar surface area (TPSA) is 96.8 Å². The molecular formula is C10H18N2O4S. The Morgan fingerprint density at radius 3 is 2.41 bits per heavy atom. The molecule has 0 amide bonds. The molecule has 0 bridgehead atoms. The number of esters is 1. The van der Waals surface area contributed by atoms with Crippen LogP contribution in [-0.2, 0) is 19.4 Å². The van der Waals surface area contributed by atoms with Crippen LogP contribution in [0, 0.1) is 0 Å². The van der Waals surface area contributed by atoms with Crippen molar-refractivity contribution >= 4 is 20.9 Å². The summed E-state index contributed by atoms with van der Waals surface area (Å²) < 4.78 is 28.3. The minimum absolute atomic E-state index is 0.0245. The van der Waals surface area contributed by atoms with E-state index < -0.39 is 26.1 Å². The quantitative estimate of drug-likeness (QED) is 0.244. The number of unbranched alkanes of at least 4 members (excludes halogenated alkanes) is 1. The molecule has 0 aliphatic rings. The predicted molar refractivity (Wildman–Crippen MR) is 63.2 cm³/mol. The van der Waals surface area contributed by atoms with Gasteiger partial charge in [0.25, 0.3) is 9.84 Å². The molecule has 1 atom stereocenters. The first kappa shape index (κ1) is 15.8. The molecule has 0 aliphatic heterocycles. The number of rotatable bonds is 5. The molecule has 7 heteroatoms. The summed E-state index contributed by atoms with van der Waals surface area (Å²) in [5.74, 6) is -1.11. The SMILES string of the molecule is CCCCC(C)S(=O)(=O)C(=[N+]=[N-])C(=O)OCC. The van der Waals surface area contributed by atoms with Crippen molar-refractivity contribution in [2.75, 3.05) is 6.61 Å². The van der Waals surface area contributed by atoms with Crippen LogP contribution in [0.25, 0.3) is 5.53 Å². The van der Waals surface area contributed by atoms with E-state index in [1.807, 2.05) is 6.92 Å². The Morgan fingerprint density at radius 1 is 1.41 bits per heavy atom. The first-order valence-electron chi connectivity index (χ1n) is 5.54. The van der Waals surface area contributed by atoms with E-state index in [0.717, 1.165) is 12.8 Å². The summed E-state index contributed by atoms with van der Waals surface area (Å²) in [6.45, 7) is 4.98. The lowest BCUT2D eigenvalue weighted by atomic mass is 10.2. The maximum Gasteiger partial charge on any atom is 0.489 e. The van der Waals surface area contributed by atoms with E-state index in [2.05, 4.69) is 9.53 Å². The van der Waals surface area contributed by atoms with Gasteiger partial charge in [-0.25, -0.2) is 13.2 Å². The zero-order valence-corrected chi connectivity index (χ0v) is 11.2. The summed E-state index contributed by atoms with van der Waals surface area (Å²) in [4.78, 5) is 13.9. The first-order chi connectivity index (χ1) is 7.91. The fraction of sp³-hybridized carbons (Fsp3) is 0.800. The average Bonchev–Trinajstić information content (AvgIpc) is 2.26. The van der Waals surface area contributed by atoms with Gasteiger partial charge in [-0.1, -0.05) is 19.8 Å². The summed E-state index contributed by atoms with van der Waals surface area (Å²) in [5.41, 5.74) is 8.64. The van der Waals surface area contributed by atoms with Crippen molar-refractivity contribution in [1.29, 1.82) is 0 Å². The molecule has 0 radical (unpaired) electrons. The highest BCUT2D eigenvalue weighted by molar-refractivity contribution is 8.08. The number of carbonyl (C=O) groups excluding carboxylic acids is 1. The van der Waals surface area contributed by atoms with Crippen LogP contribution in [-0.4, -0.2) is 36.1 Å². The van der Waals surface area contributed by atoms with Gasteiger partial charge < -0.3 is 10.3 Å². The maximum absolute atomic E-state index is 11.9. The molecule has 0 aromatic heterocycles. The molecule has 0 N–H and O–H groups in total. The number of ether oxygens (including phenoxy) is 1. The molecule has 0 rings (SSSR count). The second kappa shape index (κ2) is 7.19. The van der Waals surface area contributed by atoms with Gasteiger partial charge in [0.15, 0.2) is 0 Å². The van der Waals surface area contributed by atoms with Gasteiger partial charge in [-0.15, -0.1) is 4.79 Å². The van der Waals surface area contributed by atoms with Crippen molar-refractivity contribution in [2.24, 2.45) is 0 Å². The summed E-state index contributed by atoms with van der Waals surface area (Å²) >= 11 is 0. The van der Waals surface area contributed by atoms with E-state index in [1.54, 1.807) is 6.92 Å². The van der Waals surface area contributed by atoms with Crippen LogP contribution < -0.4 is 0 Å². The van der Waals surface area contributed by atoms with Crippen LogP contribution >= 0.6 is 0 Å². The largest absolute Gasteiger partial charge is 0.489 e. The van der Waals surface area contributed by atoms with Crippen LogP contribution in [0.15, 0.2) is 0 Å². The highest BCUT2D eigenvalue weighted by Crippen LogP contribution is 2.12. The zero-order chi connectivity index (χ0) is 13.5. The molecule has 6 nitrogen and oxygen atoms in total. The lowest BCUT2D eigenvalue weighted by Gasteiger charge is -2.08. The van der Waals surface area contributed by atoms with Gasteiger partial charge in [0.05, 0.1) is 11.9 Å². The Bertz CT molecular complexity index is 410. The zero-order valence-electron chi connectivity index (χ0n) is 10.3. The van der Waals surface area contributed by atoms with Gasteiger partial charge in [0.2, 0.25) is 0 Å². The molecule has 0 aliphatic carbocycles. The molecule has 0 saturated carbocycles. The fourth-order valence-corrected chi connectivity index (χ4v) is 2.51. The van der Waals surface area contributed by atoms with E-state index >= 15 is 0 Å². The Balaban J connectivity index is 5.02. The van der Waals surface area contributed by atoms with Crippen LogP contribution in [0.2, 0.25) is 0 Å². The van der Waals surface area contributed by atoms with Crippen LogP contribution in [0.1, 0.15) is 40.0 Å². The van der Waals surface area contributed by atoms with Crippen molar-refractivity contribution in [3.8, 4) is 0 Å². The molecule has 17 heavy (non-hydrogen) atoms. The Hall–Kier alpha value is -1.20. The average molecular weight is 262 g/mol. The van der Waals surface area contributed by atoms with Gasteiger partial charge in [-0.05, 0) is 20.3 Å². The van der Waals surface area contributed by atoms with Gasteiger partial charge >= 0.3 is 11.0 Å². The smallest absolute Gasteiger partial charge is 0.457 e. The van der Waals surface area contributed by atoms with E-state index in [-0.39, 0.29) is 6.61 Å². The predicted octanol–water partition coefficient (Wildman–Crippen LogP) is 1.17. The van der Waals surface area contributed by atoms with Gasteiger partial charge in [-0.3, -0.25) is 0 Å². The third kappa shape index (κ3) is 4.28. The molecular weight excluding hydrogens is 244 g/mol. The Labute approximate surface area is 102 Å². The van der Waals surface area contributed by atoms with Crippen molar-refractivity contribution in [1.82, 2.24) is 0 Å². The third-order valence-corrected chi connectivity index (χ3v) is 4.39. The highest BCUT2D eigenvalue weighted by atomic mass is 32.2. The van der Waals surface area contributed by atoms with Crippen LogP contribution in [0.3, 0.4) is 0 Å². The minimum atomic E-state index is -3.92. The number of hydrogen-bond donors (Lipinski definition) is 0. The van der Waals surface area contributed by atoms with Crippen molar-refractivity contribution in [2.45, 2.75) is 45.3 Å². The van der Waals surface area contributed by atoms with Crippen molar-refractivity contribution in [3.63, 3.8) is 0 Å². The first-order valence-corrected chi connectivity index (χ1v) is 7.09. The summed E-state index contributed by atoms with van der Waals surface area (Å²) in [6.07, 6.45) is 1.99.